The van der Waals surface area contributed by atoms with E-state index in [0.29, 0.717) is 16.2 Å². The number of benzene rings is 1. The lowest BCUT2D eigenvalue weighted by Crippen LogP contribution is -1.89. The summed E-state index contributed by atoms with van der Waals surface area (Å²) in [6.07, 6.45) is -0.804. The molecule has 6 nitrogen and oxygen atoms in total. The van der Waals surface area contributed by atoms with Gasteiger partial charge in [0.05, 0.1) is 22.7 Å². The summed E-state index contributed by atoms with van der Waals surface area (Å²) in [6, 6.07) is 9.58. The van der Waals surface area contributed by atoms with E-state index in [4.69, 9.17) is 10.00 Å². The molecule has 0 bridgehead atoms. The second-order valence-corrected chi connectivity index (χ2v) is 5.04. The van der Waals surface area contributed by atoms with Gasteiger partial charge in [0.2, 0.25) is 0 Å². The van der Waals surface area contributed by atoms with E-state index in [0.717, 1.165) is 11.3 Å². The summed E-state index contributed by atoms with van der Waals surface area (Å²) in [6.45, 7) is 1.52. The third-order valence-corrected chi connectivity index (χ3v) is 3.65. The summed E-state index contributed by atoms with van der Waals surface area (Å²) in [5.74, 6) is 0.339. The van der Waals surface area contributed by atoms with Crippen LogP contribution in [0.1, 0.15) is 23.5 Å². The van der Waals surface area contributed by atoms with Crippen LogP contribution in [-0.4, -0.2) is 10.0 Å². The highest BCUT2D eigenvalue weighted by Crippen LogP contribution is 2.41. The molecule has 0 amide bonds. The zero-order chi connectivity index (χ0) is 14.7. The van der Waals surface area contributed by atoms with E-state index in [9.17, 15) is 15.2 Å². The number of aliphatic hydroxyl groups is 1. The Labute approximate surface area is 118 Å². The highest BCUT2D eigenvalue weighted by atomic mass is 32.1. The first-order chi connectivity index (χ1) is 9.51. The van der Waals surface area contributed by atoms with Gasteiger partial charge in [0.25, 0.3) is 5.06 Å². The summed E-state index contributed by atoms with van der Waals surface area (Å²) in [4.78, 5) is 10.9. The average molecular weight is 290 g/mol. The molecule has 0 saturated carbocycles. The van der Waals surface area contributed by atoms with Crippen LogP contribution in [0.2, 0.25) is 0 Å². The van der Waals surface area contributed by atoms with Gasteiger partial charge in [-0.05, 0) is 25.1 Å². The first-order valence-electron chi connectivity index (χ1n) is 5.65. The van der Waals surface area contributed by atoms with E-state index < -0.39 is 11.0 Å². The average Bonchev–Trinajstić information content (AvgIpc) is 2.83. The summed E-state index contributed by atoms with van der Waals surface area (Å²) >= 11 is 1.01. The van der Waals surface area contributed by atoms with Gasteiger partial charge in [-0.3, -0.25) is 10.1 Å². The molecule has 0 spiro atoms. The van der Waals surface area contributed by atoms with Crippen molar-refractivity contribution in [2.45, 2.75) is 13.0 Å². The Morgan fingerprint density at radius 1 is 1.50 bits per heavy atom. The van der Waals surface area contributed by atoms with Crippen molar-refractivity contribution < 1.29 is 14.8 Å². The number of rotatable bonds is 4. The van der Waals surface area contributed by atoms with Crippen molar-refractivity contribution in [1.82, 2.24) is 0 Å². The fraction of sp³-hybridized carbons (Fsp3) is 0.154. The lowest BCUT2D eigenvalue weighted by molar-refractivity contribution is -0.385. The second kappa shape index (κ2) is 5.69. The molecule has 1 aromatic carbocycles. The van der Waals surface area contributed by atoms with Gasteiger partial charge in [-0.2, -0.15) is 5.26 Å². The van der Waals surface area contributed by atoms with E-state index >= 15 is 0 Å². The van der Waals surface area contributed by atoms with Crippen LogP contribution in [0.25, 0.3) is 0 Å². The Morgan fingerprint density at radius 3 is 2.85 bits per heavy atom. The number of hydrogen-bond acceptors (Lipinski definition) is 6. The molecule has 0 aliphatic carbocycles. The summed E-state index contributed by atoms with van der Waals surface area (Å²) < 4.78 is 5.46. The summed E-state index contributed by atoms with van der Waals surface area (Å²) in [5.41, 5.74) is 0.200. The molecule has 2 rings (SSSR count). The van der Waals surface area contributed by atoms with Gasteiger partial charge in [-0.15, -0.1) is 0 Å². The van der Waals surface area contributed by atoms with Gasteiger partial charge in [0, 0.05) is 10.9 Å². The van der Waals surface area contributed by atoms with Crippen LogP contribution in [0, 0.1) is 21.4 Å². The molecule has 0 aliphatic heterocycles. The maximum absolute atomic E-state index is 11.0. The number of aliphatic hydroxyl groups excluding tert-OH is 1. The molecule has 0 fully saturated rings. The first-order valence-corrected chi connectivity index (χ1v) is 6.47. The number of nitriles is 1. The standard InChI is InChI=1S/C13H10N2O4S/c1-8(16)12-6-11(15(17)18)13(20-12)19-10-4-2-3-9(5-10)7-14/h2-6,8,16H,1H3. The van der Waals surface area contributed by atoms with Crippen LogP contribution in [0.5, 0.6) is 10.8 Å². The molecule has 0 radical (unpaired) electrons. The minimum atomic E-state index is -0.804. The van der Waals surface area contributed by atoms with Gasteiger partial charge in [-0.1, -0.05) is 17.4 Å². The molecule has 7 heteroatoms. The quantitative estimate of drug-likeness (QED) is 0.687. The normalized spacial score (nSPS) is 11.7. The molecule has 0 aliphatic rings. The second-order valence-electron chi connectivity index (χ2n) is 4.00. The van der Waals surface area contributed by atoms with Crippen molar-refractivity contribution >= 4 is 17.0 Å². The van der Waals surface area contributed by atoms with Crippen LogP contribution in [0.4, 0.5) is 5.69 Å². The predicted octanol–water partition coefficient (Wildman–Crippen LogP) is 3.37. The highest BCUT2D eigenvalue weighted by Gasteiger charge is 2.23. The van der Waals surface area contributed by atoms with Crippen LogP contribution >= 0.6 is 11.3 Å². The van der Waals surface area contributed by atoms with Crippen molar-refractivity contribution in [3.8, 4) is 16.9 Å². The third-order valence-electron chi connectivity index (χ3n) is 2.48. The van der Waals surface area contributed by atoms with E-state index in [1.807, 2.05) is 6.07 Å². The van der Waals surface area contributed by atoms with Gasteiger partial charge in [-0.25, -0.2) is 0 Å². The lowest BCUT2D eigenvalue weighted by Gasteiger charge is -2.02. The maximum Gasteiger partial charge on any atom is 0.323 e. The predicted molar refractivity (Wildman–Crippen MR) is 72.8 cm³/mol. The topological polar surface area (TPSA) is 96.4 Å². The molecule has 1 heterocycles. The van der Waals surface area contributed by atoms with Crippen molar-refractivity contribution in [2.24, 2.45) is 0 Å². The fourth-order valence-electron chi connectivity index (χ4n) is 1.52. The van der Waals surface area contributed by atoms with Gasteiger partial charge < -0.3 is 9.84 Å². The number of ether oxygens (including phenoxy) is 1. The molecular weight excluding hydrogens is 280 g/mol. The lowest BCUT2D eigenvalue weighted by atomic mass is 10.2. The molecule has 102 valence electrons. The molecular formula is C13H10N2O4S. The van der Waals surface area contributed by atoms with E-state index in [1.54, 1.807) is 18.2 Å². The molecule has 2 aromatic rings. The van der Waals surface area contributed by atoms with Crippen LogP contribution in [-0.2, 0) is 0 Å². The van der Waals surface area contributed by atoms with E-state index in [2.05, 4.69) is 0 Å². The number of hydrogen-bond donors (Lipinski definition) is 1. The van der Waals surface area contributed by atoms with Gasteiger partial charge in [0.15, 0.2) is 0 Å². The molecule has 1 unspecified atom stereocenters. The van der Waals surface area contributed by atoms with Crippen molar-refractivity contribution in [2.75, 3.05) is 0 Å². The van der Waals surface area contributed by atoms with Gasteiger partial charge >= 0.3 is 5.69 Å². The largest absolute Gasteiger partial charge is 0.440 e. The molecule has 1 atom stereocenters. The molecule has 1 N–H and O–H groups in total. The van der Waals surface area contributed by atoms with Crippen molar-refractivity contribution in [3.63, 3.8) is 0 Å². The number of thiophene rings is 1. The minimum absolute atomic E-state index is 0.0842. The molecule has 20 heavy (non-hydrogen) atoms. The molecule has 1 aromatic heterocycles. The van der Waals surface area contributed by atoms with Crippen molar-refractivity contribution in [1.29, 1.82) is 5.26 Å². The number of nitro groups is 1. The Hall–Kier alpha value is -2.43. The SMILES string of the molecule is CC(O)c1cc([N+](=O)[O-])c(Oc2cccc(C#N)c2)s1. The third kappa shape index (κ3) is 2.93. The van der Waals surface area contributed by atoms with Crippen LogP contribution in [0.15, 0.2) is 30.3 Å². The van der Waals surface area contributed by atoms with E-state index in [1.165, 1.54) is 19.1 Å². The smallest absolute Gasteiger partial charge is 0.323 e. The molecule has 0 saturated heterocycles. The Balaban J connectivity index is 2.37. The first kappa shape index (κ1) is 14.0. The fourth-order valence-corrected chi connectivity index (χ4v) is 2.46. The van der Waals surface area contributed by atoms with Crippen LogP contribution < -0.4 is 4.74 Å². The summed E-state index contributed by atoms with van der Waals surface area (Å²) in [5, 5.41) is 29.3. The van der Waals surface area contributed by atoms with Crippen LogP contribution in [0.3, 0.4) is 0 Å². The Morgan fingerprint density at radius 2 is 2.25 bits per heavy atom. The zero-order valence-corrected chi connectivity index (χ0v) is 11.3. The Kier molecular flexibility index (Phi) is 3.98. The van der Waals surface area contributed by atoms with E-state index in [-0.39, 0.29) is 10.8 Å². The zero-order valence-electron chi connectivity index (χ0n) is 10.4. The van der Waals surface area contributed by atoms with Crippen molar-refractivity contribution in [3.05, 3.63) is 50.9 Å². The highest BCUT2D eigenvalue weighted by molar-refractivity contribution is 7.14. The summed E-state index contributed by atoms with van der Waals surface area (Å²) in [7, 11) is 0. The monoisotopic (exact) mass is 290 g/mol. The Bertz CT molecular complexity index is 688. The maximum atomic E-state index is 11.0. The minimum Gasteiger partial charge on any atom is -0.440 e. The number of nitrogens with zero attached hydrogens (tertiary/aromatic N) is 2. The van der Waals surface area contributed by atoms with Gasteiger partial charge in [0.1, 0.15) is 5.75 Å².